The summed E-state index contributed by atoms with van der Waals surface area (Å²) in [6, 6.07) is 13.0. The number of hydrogen-bond donors (Lipinski definition) is 2. The Labute approximate surface area is 211 Å². The lowest BCUT2D eigenvalue weighted by Crippen LogP contribution is -2.30. The van der Waals surface area contributed by atoms with E-state index in [9.17, 15) is 0 Å². The fourth-order valence-corrected chi connectivity index (χ4v) is 4.76. The summed E-state index contributed by atoms with van der Waals surface area (Å²) in [6.45, 7) is 12.1. The minimum absolute atomic E-state index is 0.0177. The lowest BCUT2D eigenvalue weighted by Gasteiger charge is -2.35. The first-order valence-electron chi connectivity index (χ1n) is 11.6. The Bertz CT molecular complexity index is 1230. The SMILES string of the molecule is C=C(C)N(c1cc(F)c(N(C)ONc2cc(Cl)ccn2)cc1C)C(C)c1cccc2c1CNCC2. The first-order valence-corrected chi connectivity index (χ1v) is 12.0. The Morgan fingerprint density at radius 2 is 2.06 bits per heavy atom. The monoisotopic (exact) mass is 495 g/mol. The predicted octanol–water partition coefficient (Wildman–Crippen LogP) is 6.32. The van der Waals surface area contributed by atoms with E-state index in [0.717, 1.165) is 36.5 Å². The van der Waals surface area contributed by atoms with Crippen LogP contribution in [0, 0.1) is 12.7 Å². The number of nitrogens with zero attached hydrogens (tertiary/aromatic N) is 3. The molecule has 0 saturated heterocycles. The molecule has 1 aliphatic rings. The number of rotatable bonds is 8. The van der Waals surface area contributed by atoms with Crippen molar-refractivity contribution >= 4 is 28.8 Å². The summed E-state index contributed by atoms with van der Waals surface area (Å²) in [6.07, 6.45) is 2.57. The molecule has 0 aliphatic carbocycles. The highest BCUT2D eigenvalue weighted by atomic mass is 35.5. The minimum atomic E-state index is -0.413. The molecule has 35 heavy (non-hydrogen) atoms. The van der Waals surface area contributed by atoms with Crippen LogP contribution >= 0.6 is 11.6 Å². The lowest BCUT2D eigenvalue weighted by molar-refractivity contribution is 0.176. The number of pyridine rings is 1. The van der Waals surface area contributed by atoms with E-state index >= 15 is 4.39 Å². The van der Waals surface area contributed by atoms with Crippen molar-refractivity contribution in [3.05, 3.63) is 94.0 Å². The predicted molar refractivity (Wildman–Crippen MR) is 141 cm³/mol. The van der Waals surface area contributed by atoms with Gasteiger partial charge in [-0.2, -0.15) is 4.94 Å². The van der Waals surface area contributed by atoms with Gasteiger partial charge in [-0.25, -0.2) is 19.9 Å². The molecule has 8 heteroatoms. The molecule has 2 aromatic carbocycles. The van der Waals surface area contributed by atoms with Crippen LogP contribution in [0.3, 0.4) is 0 Å². The van der Waals surface area contributed by atoms with Crippen molar-refractivity contribution in [3.63, 3.8) is 0 Å². The molecule has 184 valence electrons. The van der Waals surface area contributed by atoms with Gasteiger partial charge in [0, 0.05) is 48.3 Å². The molecule has 0 spiro atoms. The van der Waals surface area contributed by atoms with Crippen molar-refractivity contribution in [2.75, 3.05) is 29.0 Å². The molecule has 1 atom stereocenters. The van der Waals surface area contributed by atoms with Crippen LogP contribution in [0.25, 0.3) is 0 Å². The zero-order valence-electron chi connectivity index (χ0n) is 20.5. The summed E-state index contributed by atoms with van der Waals surface area (Å²) in [4.78, 5) is 11.7. The van der Waals surface area contributed by atoms with Crippen LogP contribution < -0.4 is 20.8 Å². The van der Waals surface area contributed by atoms with Gasteiger partial charge in [0.2, 0.25) is 0 Å². The normalized spacial score (nSPS) is 13.7. The number of halogens is 2. The van der Waals surface area contributed by atoms with Gasteiger partial charge in [0.15, 0.2) is 11.6 Å². The summed E-state index contributed by atoms with van der Waals surface area (Å²) in [5.41, 5.74) is 9.40. The van der Waals surface area contributed by atoms with E-state index in [4.69, 9.17) is 16.5 Å². The molecule has 1 aromatic heterocycles. The highest BCUT2D eigenvalue weighted by Crippen LogP contribution is 2.37. The summed E-state index contributed by atoms with van der Waals surface area (Å²) in [5, 5.41) is 5.31. The molecule has 2 heterocycles. The Hall–Kier alpha value is -3.13. The molecule has 1 unspecified atom stereocenters. The fourth-order valence-electron chi connectivity index (χ4n) is 4.60. The van der Waals surface area contributed by atoms with Gasteiger partial charge in [0.25, 0.3) is 0 Å². The number of fused-ring (bicyclic) bond motifs is 1. The fraction of sp³-hybridized carbons (Fsp3) is 0.296. The number of nitrogens with one attached hydrogen (secondary N) is 2. The number of benzene rings is 2. The van der Waals surface area contributed by atoms with Crippen LogP contribution in [0.1, 0.15) is 42.1 Å². The second kappa shape index (κ2) is 10.6. The maximum Gasteiger partial charge on any atom is 0.153 e. The van der Waals surface area contributed by atoms with Gasteiger partial charge in [-0.3, -0.25) is 0 Å². The van der Waals surface area contributed by atoms with Gasteiger partial charge in [0.1, 0.15) is 5.69 Å². The molecule has 0 saturated carbocycles. The second-order valence-corrected chi connectivity index (χ2v) is 9.27. The third-order valence-electron chi connectivity index (χ3n) is 6.30. The van der Waals surface area contributed by atoms with Gasteiger partial charge in [0.05, 0.1) is 6.04 Å². The van der Waals surface area contributed by atoms with E-state index in [0.29, 0.717) is 10.8 Å². The van der Waals surface area contributed by atoms with Crippen LogP contribution in [0.5, 0.6) is 0 Å². The number of aryl methyl sites for hydroxylation is 1. The minimum Gasteiger partial charge on any atom is -0.338 e. The third kappa shape index (κ3) is 5.42. The Morgan fingerprint density at radius 3 is 2.80 bits per heavy atom. The topological polar surface area (TPSA) is 52.7 Å². The molecule has 2 N–H and O–H groups in total. The van der Waals surface area contributed by atoms with Crippen molar-refractivity contribution in [2.24, 2.45) is 0 Å². The molecule has 6 nitrogen and oxygen atoms in total. The zero-order valence-corrected chi connectivity index (χ0v) is 21.3. The molecular formula is C27H31ClFN5O. The average molecular weight is 496 g/mol. The maximum absolute atomic E-state index is 15.4. The van der Waals surface area contributed by atoms with Crippen LogP contribution in [-0.2, 0) is 17.9 Å². The average Bonchev–Trinajstić information content (AvgIpc) is 2.84. The van der Waals surface area contributed by atoms with Crippen molar-refractivity contribution in [2.45, 2.75) is 39.8 Å². The molecule has 0 fully saturated rings. The molecule has 0 bridgehead atoms. The highest BCUT2D eigenvalue weighted by Gasteiger charge is 2.25. The van der Waals surface area contributed by atoms with Gasteiger partial charge in [-0.15, -0.1) is 0 Å². The van der Waals surface area contributed by atoms with Gasteiger partial charge >= 0.3 is 0 Å². The Balaban J connectivity index is 1.61. The number of anilines is 3. The number of hydroxylamine groups is 1. The van der Waals surface area contributed by atoms with Crippen LogP contribution in [-0.4, -0.2) is 18.6 Å². The molecule has 4 rings (SSSR count). The van der Waals surface area contributed by atoms with Gasteiger partial charge < -0.3 is 10.2 Å². The highest BCUT2D eigenvalue weighted by molar-refractivity contribution is 6.30. The van der Waals surface area contributed by atoms with E-state index in [1.807, 2.05) is 13.8 Å². The number of hydrogen-bond acceptors (Lipinski definition) is 6. The maximum atomic E-state index is 15.4. The molecular weight excluding hydrogens is 465 g/mol. The quantitative estimate of drug-likeness (QED) is 0.356. The summed E-state index contributed by atoms with van der Waals surface area (Å²) >= 11 is 5.98. The van der Waals surface area contributed by atoms with E-state index in [-0.39, 0.29) is 11.7 Å². The molecule has 1 aliphatic heterocycles. The van der Waals surface area contributed by atoms with E-state index in [1.54, 1.807) is 37.5 Å². The lowest BCUT2D eigenvalue weighted by atomic mass is 9.91. The van der Waals surface area contributed by atoms with Crippen molar-refractivity contribution in [3.8, 4) is 0 Å². The van der Waals surface area contributed by atoms with Crippen LogP contribution in [0.15, 0.2) is 60.9 Å². The van der Waals surface area contributed by atoms with Crippen molar-refractivity contribution in [1.82, 2.24) is 10.3 Å². The van der Waals surface area contributed by atoms with Crippen LogP contribution in [0.4, 0.5) is 21.6 Å². The summed E-state index contributed by atoms with van der Waals surface area (Å²) < 4.78 is 15.4. The van der Waals surface area contributed by atoms with Gasteiger partial charge in [-0.05, 0) is 68.1 Å². The number of allylic oxidation sites excluding steroid dienone is 1. The van der Waals surface area contributed by atoms with Gasteiger partial charge in [-0.1, -0.05) is 36.4 Å². The van der Waals surface area contributed by atoms with E-state index in [2.05, 4.69) is 52.4 Å². The van der Waals surface area contributed by atoms with E-state index in [1.165, 1.54) is 21.8 Å². The molecule has 3 aromatic rings. The van der Waals surface area contributed by atoms with Crippen molar-refractivity contribution in [1.29, 1.82) is 0 Å². The molecule has 0 radical (unpaired) electrons. The van der Waals surface area contributed by atoms with E-state index < -0.39 is 5.82 Å². The largest absolute Gasteiger partial charge is 0.338 e. The third-order valence-corrected chi connectivity index (χ3v) is 6.54. The molecule has 0 amide bonds. The first kappa shape index (κ1) is 25.0. The second-order valence-electron chi connectivity index (χ2n) is 8.83. The standard InChI is InChI=1S/C27H31ClFN5O/c1-17(2)34(19(4)22-8-6-7-20-9-11-30-16-23(20)22)25-15-24(29)26(13-18(25)3)33(5)35-32-27-14-21(28)10-12-31-27/h6-8,10,12-15,19,30H,1,9,11,16H2,2-5H3,(H,31,32). The smallest absolute Gasteiger partial charge is 0.153 e. The van der Waals surface area contributed by atoms with Crippen LogP contribution in [0.2, 0.25) is 5.02 Å². The summed E-state index contributed by atoms with van der Waals surface area (Å²) in [5.74, 6) is 0.00484. The zero-order chi connectivity index (χ0) is 25.1. The Morgan fingerprint density at radius 1 is 1.26 bits per heavy atom. The summed E-state index contributed by atoms with van der Waals surface area (Å²) in [7, 11) is 1.62. The number of aromatic nitrogens is 1. The first-order chi connectivity index (χ1) is 16.8. The van der Waals surface area contributed by atoms with Crippen molar-refractivity contribution < 1.29 is 9.33 Å². The Kier molecular flexibility index (Phi) is 7.60.